The highest BCUT2D eigenvalue weighted by molar-refractivity contribution is 7.89. The minimum absolute atomic E-state index is 0.0849. The van der Waals surface area contributed by atoms with Crippen LogP contribution >= 0.6 is 0 Å². The first-order valence-electron chi connectivity index (χ1n) is 5.40. The van der Waals surface area contributed by atoms with Gasteiger partial charge in [-0.1, -0.05) is 0 Å². The second kappa shape index (κ2) is 6.26. The Labute approximate surface area is 111 Å². The van der Waals surface area contributed by atoms with E-state index in [1.54, 1.807) is 13.0 Å². The largest absolute Gasteiger partial charge is 0.465 e. The normalized spacial score (nSPS) is 11.1. The zero-order valence-corrected chi connectivity index (χ0v) is 11.3. The summed E-state index contributed by atoms with van der Waals surface area (Å²) in [6.45, 7) is 1.44. The van der Waals surface area contributed by atoms with Gasteiger partial charge in [0.1, 0.15) is 23.2 Å². The number of hydrogen-bond donors (Lipinski definition) is 0. The van der Waals surface area contributed by atoms with Gasteiger partial charge in [-0.3, -0.25) is 4.79 Å². The number of sulfonamides is 1. The van der Waals surface area contributed by atoms with Crippen LogP contribution in [0.15, 0.2) is 23.2 Å². The molecule has 0 aliphatic heterocycles. The lowest BCUT2D eigenvalue weighted by atomic mass is 10.4. The van der Waals surface area contributed by atoms with Gasteiger partial charge in [0, 0.05) is 13.2 Å². The molecule has 7 nitrogen and oxygen atoms in total. The smallest absolute Gasteiger partial charge is 0.321 e. The fourth-order valence-corrected chi connectivity index (χ4v) is 2.31. The van der Waals surface area contributed by atoms with Crippen LogP contribution in [-0.4, -0.2) is 43.9 Å². The number of nitriles is 1. The zero-order valence-electron chi connectivity index (χ0n) is 10.5. The third kappa shape index (κ3) is 3.74. The Morgan fingerprint density at radius 2 is 2.21 bits per heavy atom. The first-order valence-corrected chi connectivity index (χ1v) is 6.84. The number of hydrogen-bond acceptors (Lipinski definition) is 6. The van der Waals surface area contributed by atoms with E-state index in [1.807, 2.05) is 0 Å². The first kappa shape index (κ1) is 15.1. The van der Waals surface area contributed by atoms with Gasteiger partial charge in [0.2, 0.25) is 10.0 Å². The van der Waals surface area contributed by atoms with Crippen molar-refractivity contribution in [2.75, 3.05) is 20.2 Å². The van der Waals surface area contributed by atoms with Crippen LogP contribution in [-0.2, 0) is 19.6 Å². The van der Waals surface area contributed by atoms with Crippen LogP contribution in [0.1, 0.15) is 12.6 Å². The molecule has 1 aromatic rings. The SMILES string of the molecule is CCOC(=O)CN(C)S(=O)(=O)c1ccc(C#N)nc1. The van der Waals surface area contributed by atoms with E-state index in [9.17, 15) is 13.2 Å². The number of ether oxygens (including phenoxy) is 1. The number of esters is 1. The lowest BCUT2D eigenvalue weighted by molar-refractivity contribution is -0.143. The molecule has 102 valence electrons. The van der Waals surface area contributed by atoms with Crippen LogP contribution in [0, 0.1) is 11.3 Å². The maximum Gasteiger partial charge on any atom is 0.321 e. The molecular formula is C11H13N3O4S. The molecule has 0 N–H and O–H groups in total. The average Bonchev–Trinajstić information content (AvgIpc) is 2.39. The summed E-state index contributed by atoms with van der Waals surface area (Å²) >= 11 is 0. The maximum absolute atomic E-state index is 12.1. The van der Waals surface area contributed by atoms with Gasteiger partial charge in [-0.25, -0.2) is 13.4 Å². The van der Waals surface area contributed by atoms with Gasteiger partial charge in [-0.05, 0) is 19.1 Å². The zero-order chi connectivity index (χ0) is 14.5. The Bertz CT molecular complexity index is 589. The van der Waals surface area contributed by atoms with Crippen LogP contribution in [0.4, 0.5) is 0 Å². The molecule has 0 fully saturated rings. The molecule has 19 heavy (non-hydrogen) atoms. The van der Waals surface area contributed by atoms with Crippen molar-refractivity contribution in [3.8, 4) is 6.07 Å². The molecule has 1 aromatic heterocycles. The summed E-state index contributed by atoms with van der Waals surface area (Å²) in [5.41, 5.74) is 0.118. The highest BCUT2D eigenvalue weighted by Crippen LogP contribution is 2.13. The quantitative estimate of drug-likeness (QED) is 0.712. The van der Waals surface area contributed by atoms with Crippen molar-refractivity contribution in [1.29, 1.82) is 5.26 Å². The second-order valence-corrected chi connectivity index (χ2v) is 5.60. The van der Waals surface area contributed by atoms with Gasteiger partial charge in [-0.2, -0.15) is 9.57 Å². The Morgan fingerprint density at radius 1 is 1.53 bits per heavy atom. The van der Waals surface area contributed by atoms with E-state index in [-0.39, 0.29) is 23.7 Å². The maximum atomic E-state index is 12.1. The number of likely N-dealkylation sites (N-methyl/N-ethyl adjacent to an activating group) is 1. The molecule has 1 heterocycles. The molecule has 8 heteroatoms. The van der Waals surface area contributed by atoms with Crippen LogP contribution in [0.25, 0.3) is 0 Å². The van der Waals surface area contributed by atoms with Crippen molar-refractivity contribution in [2.24, 2.45) is 0 Å². The predicted molar refractivity (Wildman–Crippen MR) is 65.4 cm³/mol. The van der Waals surface area contributed by atoms with Crippen LogP contribution in [0.2, 0.25) is 0 Å². The summed E-state index contributed by atoms with van der Waals surface area (Å²) in [6.07, 6.45) is 1.08. The van der Waals surface area contributed by atoms with Crippen LogP contribution < -0.4 is 0 Å². The lowest BCUT2D eigenvalue weighted by Gasteiger charge is -2.15. The minimum Gasteiger partial charge on any atom is -0.465 e. The van der Waals surface area contributed by atoms with Crippen molar-refractivity contribution in [3.63, 3.8) is 0 Å². The fraction of sp³-hybridized carbons (Fsp3) is 0.364. The molecule has 0 aromatic carbocycles. The van der Waals surface area contributed by atoms with Crippen LogP contribution in [0.5, 0.6) is 0 Å². The standard InChI is InChI=1S/C11H13N3O4S/c1-3-18-11(15)8-14(2)19(16,17)10-5-4-9(6-12)13-7-10/h4-5,7H,3,8H2,1-2H3. The van der Waals surface area contributed by atoms with E-state index in [2.05, 4.69) is 9.72 Å². The Balaban J connectivity index is 2.90. The van der Waals surface area contributed by atoms with E-state index in [0.29, 0.717) is 0 Å². The number of aromatic nitrogens is 1. The van der Waals surface area contributed by atoms with Gasteiger partial charge in [0.05, 0.1) is 6.61 Å². The first-order chi connectivity index (χ1) is 8.91. The van der Waals surface area contributed by atoms with Gasteiger partial charge < -0.3 is 4.74 Å². The van der Waals surface area contributed by atoms with Crippen molar-refractivity contribution >= 4 is 16.0 Å². The molecule has 0 aliphatic carbocycles. The topological polar surface area (TPSA) is 100 Å². The molecule has 0 radical (unpaired) electrons. The fourth-order valence-electron chi connectivity index (χ4n) is 1.25. The van der Waals surface area contributed by atoms with Gasteiger partial charge in [-0.15, -0.1) is 0 Å². The molecule has 0 atom stereocenters. The highest BCUT2D eigenvalue weighted by atomic mass is 32.2. The number of carbonyl (C=O) groups is 1. The average molecular weight is 283 g/mol. The number of rotatable bonds is 5. The number of nitrogens with zero attached hydrogens (tertiary/aromatic N) is 3. The summed E-state index contributed by atoms with van der Waals surface area (Å²) in [4.78, 5) is 14.8. The molecule has 0 amide bonds. The molecular weight excluding hydrogens is 270 g/mol. The summed E-state index contributed by atoms with van der Waals surface area (Å²) in [5.74, 6) is -0.629. The molecule has 0 saturated carbocycles. The number of pyridine rings is 1. The summed E-state index contributed by atoms with van der Waals surface area (Å²) < 4.78 is 29.7. The van der Waals surface area contributed by atoms with Gasteiger partial charge >= 0.3 is 5.97 Å². The highest BCUT2D eigenvalue weighted by Gasteiger charge is 2.23. The minimum atomic E-state index is -3.82. The van der Waals surface area contributed by atoms with E-state index in [0.717, 1.165) is 10.5 Å². The van der Waals surface area contributed by atoms with Gasteiger partial charge in [0.25, 0.3) is 0 Å². The summed E-state index contributed by atoms with van der Waals surface area (Å²) in [5, 5.41) is 8.58. The number of carbonyl (C=O) groups excluding carboxylic acids is 1. The Kier molecular flexibility index (Phi) is 4.97. The molecule has 0 bridgehead atoms. The van der Waals surface area contributed by atoms with Crippen molar-refractivity contribution in [1.82, 2.24) is 9.29 Å². The monoisotopic (exact) mass is 283 g/mol. The molecule has 1 rings (SSSR count). The van der Waals surface area contributed by atoms with E-state index >= 15 is 0 Å². The van der Waals surface area contributed by atoms with Gasteiger partial charge in [0.15, 0.2) is 0 Å². The van der Waals surface area contributed by atoms with E-state index in [1.165, 1.54) is 19.2 Å². The predicted octanol–water partition coefficient (Wildman–Crippen LogP) is 0.137. The third-order valence-corrected chi connectivity index (χ3v) is 4.00. The molecule has 0 unspecified atom stereocenters. The van der Waals surface area contributed by atoms with Crippen LogP contribution in [0.3, 0.4) is 0 Å². The van der Waals surface area contributed by atoms with Crippen molar-refractivity contribution in [3.05, 3.63) is 24.0 Å². The summed E-state index contributed by atoms with van der Waals surface area (Å²) in [7, 11) is -2.55. The van der Waals surface area contributed by atoms with E-state index in [4.69, 9.17) is 5.26 Å². The molecule has 0 saturated heterocycles. The van der Waals surface area contributed by atoms with Crippen molar-refractivity contribution < 1.29 is 17.9 Å². The molecule has 0 spiro atoms. The summed E-state index contributed by atoms with van der Waals surface area (Å²) in [6, 6.07) is 4.35. The second-order valence-electron chi connectivity index (χ2n) is 3.56. The van der Waals surface area contributed by atoms with Crippen molar-refractivity contribution in [2.45, 2.75) is 11.8 Å². The Morgan fingerprint density at radius 3 is 2.68 bits per heavy atom. The van der Waals surface area contributed by atoms with E-state index < -0.39 is 16.0 Å². The molecule has 0 aliphatic rings. The Hall–Kier alpha value is -1.98. The lowest BCUT2D eigenvalue weighted by Crippen LogP contribution is -2.33. The third-order valence-electron chi connectivity index (χ3n) is 2.22.